The molecular weight excluding hydrogens is 340 g/mol. The number of pyridine rings is 1. The van der Waals surface area contributed by atoms with Gasteiger partial charge in [-0.2, -0.15) is 0 Å². The third kappa shape index (κ3) is 5.62. The lowest BCUT2D eigenvalue weighted by molar-refractivity contribution is -0.117. The second kappa shape index (κ2) is 9.28. The summed E-state index contributed by atoms with van der Waals surface area (Å²) in [4.78, 5) is 28.7. The summed E-state index contributed by atoms with van der Waals surface area (Å²) in [6.45, 7) is 4.19. The van der Waals surface area contributed by atoms with Gasteiger partial charge in [-0.25, -0.2) is 0 Å². The van der Waals surface area contributed by atoms with Crippen LogP contribution in [0.5, 0.6) is 0 Å². The van der Waals surface area contributed by atoms with Gasteiger partial charge in [-0.05, 0) is 68.1 Å². The smallest absolute Gasteiger partial charge is 0.255 e. The summed E-state index contributed by atoms with van der Waals surface area (Å²) in [6, 6.07) is 10.4. The number of anilines is 2. The molecule has 1 fully saturated rings. The Morgan fingerprint density at radius 3 is 2.74 bits per heavy atom. The fraction of sp³-hybridized carbons (Fsp3) is 0.381. The lowest BCUT2D eigenvalue weighted by atomic mass is 9.85. The first kappa shape index (κ1) is 19.0. The lowest BCUT2D eigenvalue weighted by Crippen LogP contribution is -2.34. The van der Waals surface area contributed by atoms with Crippen molar-refractivity contribution in [2.24, 2.45) is 11.8 Å². The number of hydrogen-bond donors (Lipinski definition) is 3. The molecule has 1 saturated heterocycles. The first-order valence-electron chi connectivity index (χ1n) is 9.44. The highest BCUT2D eigenvalue weighted by molar-refractivity contribution is 6.05. The SMILES string of the molecule is CC(CC(=O)Nc1cccc(C(=O)Nc2ccncc2)c1)C1CCCNC1. The second-order valence-corrected chi connectivity index (χ2v) is 7.11. The summed E-state index contributed by atoms with van der Waals surface area (Å²) < 4.78 is 0. The number of benzene rings is 1. The molecule has 2 aromatic rings. The van der Waals surface area contributed by atoms with Crippen LogP contribution in [0.1, 0.15) is 36.5 Å². The van der Waals surface area contributed by atoms with Gasteiger partial charge in [-0.3, -0.25) is 14.6 Å². The van der Waals surface area contributed by atoms with Crippen LogP contribution < -0.4 is 16.0 Å². The number of hydrogen-bond acceptors (Lipinski definition) is 4. The van der Waals surface area contributed by atoms with Gasteiger partial charge in [0, 0.05) is 35.8 Å². The van der Waals surface area contributed by atoms with Crippen molar-refractivity contribution in [1.82, 2.24) is 10.3 Å². The van der Waals surface area contributed by atoms with Gasteiger partial charge in [-0.1, -0.05) is 13.0 Å². The quantitative estimate of drug-likeness (QED) is 0.732. The lowest BCUT2D eigenvalue weighted by Gasteiger charge is -2.28. The minimum atomic E-state index is -0.223. The molecular formula is C21H26N4O2. The molecule has 1 aromatic heterocycles. The van der Waals surface area contributed by atoms with E-state index in [4.69, 9.17) is 0 Å². The molecule has 2 atom stereocenters. The summed E-state index contributed by atoms with van der Waals surface area (Å²) in [5, 5.41) is 9.14. The molecule has 0 aliphatic carbocycles. The summed E-state index contributed by atoms with van der Waals surface area (Å²) in [5.41, 5.74) is 1.81. The zero-order valence-electron chi connectivity index (χ0n) is 15.6. The normalized spacial score (nSPS) is 17.7. The number of carbonyl (C=O) groups excluding carboxylic acids is 2. The number of nitrogens with one attached hydrogen (secondary N) is 3. The van der Waals surface area contributed by atoms with Crippen LogP contribution in [0.2, 0.25) is 0 Å². The van der Waals surface area contributed by atoms with E-state index in [2.05, 4.69) is 27.9 Å². The van der Waals surface area contributed by atoms with Crippen molar-refractivity contribution >= 4 is 23.2 Å². The van der Waals surface area contributed by atoms with E-state index in [0.717, 1.165) is 13.1 Å². The third-order valence-corrected chi connectivity index (χ3v) is 4.99. The zero-order chi connectivity index (χ0) is 19.1. The third-order valence-electron chi connectivity index (χ3n) is 4.99. The van der Waals surface area contributed by atoms with Gasteiger partial charge in [0.05, 0.1) is 0 Å². The van der Waals surface area contributed by atoms with E-state index in [1.807, 2.05) is 0 Å². The highest BCUT2D eigenvalue weighted by Gasteiger charge is 2.22. The van der Waals surface area contributed by atoms with E-state index < -0.39 is 0 Å². The Morgan fingerprint density at radius 1 is 1.19 bits per heavy atom. The van der Waals surface area contributed by atoms with Gasteiger partial charge in [0.1, 0.15) is 0 Å². The van der Waals surface area contributed by atoms with Crippen molar-refractivity contribution in [2.75, 3.05) is 23.7 Å². The summed E-state index contributed by atoms with van der Waals surface area (Å²) >= 11 is 0. The maximum absolute atomic E-state index is 12.4. The van der Waals surface area contributed by atoms with Crippen LogP contribution in [0.3, 0.4) is 0 Å². The number of rotatable bonds is 6. The van der Waals surface area contributed by atoms with Crippen LogP contribution >= 0.6 is 0 Å². The number of aromatic nitrogens is 1. The molecule has 142 valence electrons. The molecule has 3 rings (SSSR count). The molecule has 1 aromatic carbocycles. The molecule has 1 aliphatic heterocycles. The first-order chi connectivity index (χ1) is 13.1. The predicted molar refractivity (Wildman–Crippen MR) is 107 cm³/mol. The average molecular weight is 366 g/mol. The number of amides is 2. The molecule has 2 unspecified atom stereocenters. The molecule has 2 heterocycles. The molecule has 0 saturated carbocycles. The molecule has 6 heteroatoms. The maximum Gasteiger partial charge on any atom is 0.255 e. The summed E-state index contributed by atoms with van der Waals surface area (Å²) in [5.74, 6) is 0.636. The van der Waals surface area contributed by atoms with Crippen molar-refractivity contribution in [3.05, 3.63) is 54.4 Å². The van der Waals surface area contributed by atoms with E-state index in [-0.39, 0.29) is 11.8 Å². The van der Waals surface area contributed by atoms with Crippen molar-refractivity contribution in [2.45, 2.75) is 26.2 Å². The molecule has 0 radical (unpaired) electrons. The van der Waals surface area contributed by atoms with Crippen LogP contribution in [-0.4, -0.2) is 29.9 Å². The van der Waals surface area contributed by atoms with E-state index >= 15 is 0 Å². The number of piperidine rings is 1. The van der Waals surface area contributed by atoms with Crippen LogP contribution in [0.4, 0.5) is 11.4 Å². The van der Waals surface area contributed by atoms with Gasteiger partial charge in [0.2, 0.25) is 5.91 Å². The van der Waals surface area contributed by atoms with Crippen molar-refractivity contribution in [1.29, 1.82) is 0 Å². The highest BCUT2D eigenvalue weighted by atomic mass is 16.2. The fourth-order valence-corrected chi connectivity index (χ4v) is 3.41. The Hall–Kier alpha value is -2.73. The molecule has 6 nitrogen and oxygen atoms in total. The average Bonchev–Trinajstić information content (AvgIpc) is 2.69. The van der Waals surface area contributed by atoms with Crippen molar-refractivity contribution < 1.29 is 9.59 Å². The number of nitrogens with zero attached hydrogens (tertiary/aromatic N) is 1. The highest BCUT2D eigenvalue weighted by Crippen LogP contribution is 2.23. The standard InChI is InChI=1S/C21H26N4O2/c1-15(17-5-3-9-23-14-17)12-20(26)24-19-6-2-4-16(13-19)21(27)25-18-7-10-22-11-8-18/h2,4,6-8,10-11,13,15,17,23H,3,5,9,12,14H2,1H3,(H,24,26)(H,22,25,27). The van der Waals surface area contributed by atoms with Gasteiger partial charge < -0.3 is 16.0 Å². The van der Waals surface area contributed by atoms with Crippen LogP contribution in [0, 0.1) is 11.8 Å². The topological polar surface area (TPSA) is 83.1 Å². The molecule has 0 bridgehead atoms. The largest absolute Gasteiger partial charge is 0.326 e. The van der Waals surface area contributed by atoms with E-state index in [9.17, 15) is 9.59 Å². The van der Waals surface area contributed by atoms with Crippen LogP contribution in [0.15, 0.2) is 48.8 Å². The monoisotopic (exact) mass is 366 g/mol. The van der Waals surface area contributed by atoms with Gasteiger partial charge in [0.15, 0.2) is 0 Å². The Labute approximate surface area is 159 Å². The molecule has 2 amide bonds. The van der Waals surface area contributed by atoms with Gasteiger partial charge in [0.25, 0.3) is 5.91 Å². The van der Waals surface area contributed by atoms with E-state index in [0.29, 0.717) is 35.2 Å². The Morgan fingerprint density at radius 2 is 2.00 bits per heavy atom. The summed E-state index contributed by atoms with van der Waals surface area (Å²) in [6.07, 6.45) is 6.07. The van der Waals surface area contributed by atoms with Gasteiger partial charge in [-0.15, -0.1) is 0 Å². The van der Waals surface area contributed by atoms with Gasteiger partial charge >= 0.3 is 0 Å². The van der Waals surface area contributed by atoms with E-state index in [1.165, 1.54) is 12.8 Å². The van der Waals surface area contributed by atoms with Crippen LogP contribution in [-0.2, 0) is 4.79 Å². The number of carbonyl (C=O) groups is 2. The first-order valence-corrected chi connectivity index (χ1v) is 9.44. The Bertz CT molecular complexity index is 773. The second-order valence-electron chi connectivity index (χ2n) is 7.11. The predicted octanol–water partition coefficient (Wildman–Crippen LogP) is 3.30. The maximum atomic E-state index is 12.4. The molecule has 27 heavy (non-hydrogen) atoms. The Kier molecular flexibility index (Phi) is 6.54. The van der Waals surface area contributed by atoms with Crippen molar-refractivity contribution in [3.8, 4) is 0 Å². The van der Waals surface area contributed by atoms with E-state index in [1.54, 1.807) is 48.8 Å². The minimum absolute atomic E-state index is 0.0141. The van der Waals surface area contributed by atoms with Crippen LogP contribution in [0.25, 0.3) is 0 Å². The minimum Gasteiger partial charge on any atom is -0.326 e. The molecule has 3 N–H and O–H groups in total. The molecule has 1 aliphatic rings. The molecule has 0 spiro atoms. The summed E-state index contributed by atoms with van der Waals surface area (Å²) in [7, 11) is 0. The van der Waals surface area contributed by atoms with Crippen molar-refractivity contribution in [3.63, 3.8) is 0 Å². The zero-order valence-corrected chi connectivity index (χ0v) is 15.6. The Balaban J connectivity index is 1.56. The fourth-order valence-electron chi connectivity index (χ4n) is 3.41.